The molecule has 2 unspecified atom stereocenters. The second-order valence-corrected chi connectivity index (χ2v) is 7.30. The standard InChI is InChI=1S/C17H22BrN3O2/c1-19-9-12-5-6-20(10-12)17(23)13-7-16(22)21(11-13)15-4-2-3-14(18)8-15/h2-4,8,12-13,19H,5-7,9-11H2,1H3. The molecule has 2 amide bonds. The molecule has 6 heteroatoms. The van der Waals surface area contributed by atoms with E-state index in [-0.39, 0.29) is 17.7 Å². The topological polar surface area (TPSA) is 52.7 Å². The second kappa shape index (κ2) is 7.01. The molecule has 0 spiro atoms. The van der Waals surface area contributed by atoms with Crippen LogP contribution in [0.3, 0.4) is 0 Å². The molecule has 124 valence electrons. The molecule has 2 fully saturated rings. The van der Waals surface area contributed by atoms with Gasteiger partial charge in [0.25, 0.3) is 0 Å². The van der Waals surface area contributed by atoms with Gasteiger partial charge in [-0.15, -0.1) is 0 Å². The van der Waals surface area contributed by atoms with Crippen molar-refractivity contribution in [2.24, 2.45) is 11.8 Å². The first-order valence-electron chi connectivity index (χ1n) is 8.08. The van der Waals surface area contributed by atoms with Crippen molar-refractivity contribution in [2.45, 2.75) is 12.8 Å². The summed E-state index contributed by atoms with van der Waals surface area (Å²) in [5.41, 5.74) is 0.856. The number of nitrogens with zero attached hydrogens (tertiary/aromatic N) is 2. The van der Waals surface area contributed by atoms with E-state index in [1.165, 1.54) is 0 Å². The summed E-state index contributed by atoms with van der Waals surface area (Å²) in [5, 5.41) is 3.17. The molecule has 3 rings (SSSR count). The molecule has 0 aliphatic carbocycles. The summed E-state index contributed by atoms with van der Waals surface area (Å²) in [5.74, 6) is 0.485. The monoisotopic (exact) mass is 379 g/mol. The summed E-state index contributed by atoms with van der Waals surface area (Å²) in [6, 6.07) is 7.67. The Hall–Kier alpha value is -1.40. The SMILES string of the molecule is CNCC1CCN(C(=O)C2CC(=O)N(c3cccc(Br)c3)C2)C1. The lowest BCUT2D eigenvalue weighted by Gasteiger charge is -2.21. The first-order chi connectivity index (χ1) is 11.1. The van der Waals surface area contributed by atoms with Crippen molar-refractivity contribution >= 4 is 33.4 Å². The molecule has 2 aliphatic heterocycles. The van der Waals surface area contributed by atoms with E-state index in [2.05, 4.69) is 21.2 Å². The van der Waals surface area contributed by atoms with Gasteiger partial charge in [0.1, 0.15) is 0 Å². The third-order valence-corrected chi connectivity index (χ3v) is 5.18. The fourth-order valence-corrected chi connectivity index (χ4v) is 3.90. The van der Waals surface area contributed by atoms with E-state index >= 15 is 0 Å². The van der Waals surface area contributed by atoms with Crippen LogP contribution in [0, 0.1) is 11.8 Å². The number of carbonyl (C=O) groups excluding carboxylic acids is 2. The maximum absolute atomic E-state index is 12.7. The zero-order valence-corrected chi connectivity index (χ0v) is 14.9. The molecule has 2 heterocycles. The molecule has 0 bridgehead atoms. The molecule has 23 heavy (non-hydrogen) atoms. The lowest BCUT2D eigenvalue weighted by molar-refractivity contribution is -0.134. The Labute approximate surface area is 145 Å². The average molecular weight is 380 g/mol. The summed E-state index contributed by atoms with van der Waals surface area (Å²) in [4.78, 5) is 28.7. The fourth-order valence-electron chi connectivity index (χ4n) is 3.51. The molecule has 5 nitrogen and oxygen atoms in total. The highest BCUT2D eigenvalue weighted by Crippen LogP contribution is 2.29. The van der Waals surface area contributed by atoms with E-state index in [9.17, 15) is 9.59 Å². The Morgan fingerprint density at radius 3 is 2.96 bits per heavy atom. The van der Waals surface area contributed by atoms with Crippen molar-refractivity contribution < 1.29 is 9.59 Å². The van der Waals surface area contributed by atoms with Crippen LogP contribution in [0.15, 0.2) is 28.7 Å². The largest absolute Gasteiger partial charge is 0.342 e. The molecule has 2 atom stereocenters. The third-order valence-electron chi connectivity index (χ3n) is 4.68. The van der Waals surface area contributed by atoms with Gasteiger partial charge >= 0.3 is 0 Å². The molecule has 1 N–H and O–H groups in total. The van der Waals surface area contributed by atoms with Crippen molar-refractivity contribution in [1.29, 1.82) is 0 Å². The average Bonchev–Trinajstić information content (AvgIpc) is 3.14. The van der Waals surface area contributed by atoms with Crippen LogP contribution in [0.2, 0.25) is 0 Å². The van der Waals surface area contributed by atoms with Gasteiger partial charge in [-0.05, 0) is 44.1 Å². The number of amides is 2. The number of rotatable bonds is 4. The Morgan fingerprint density at radius 1 is 1.39 bits per heavy atom. The molecule has 2 saturated heterocycles. The van der Waals surface area contributed by atoms with E-state index in [4.69, 9.17) is 0 Å². The maximum Gasteiger partial charge on any atom is 0.228 e. The van der Waals surface area contributed by atoms with Crippen LogP contribution in [0.4, 0.5) is 5.69 Å². The van der Waals surface area contributed by atoms with E-state index < -0.39 is 0 Å². The summed E-state index contributed by atoms with van der Waals surface area (Å²) >= 11 is 3.43. The number of benzene rings is 1. The van der Waals surface area contributed by atoms with E-state index in [1.807, 2.05) is 36.2 Å². The highest BCUT2D eigenvalue weighted by molar-refractivity contribution is 9.10. The van der Waals surface area contributed by atoms with Gasteiger partial charge in [0.05, 0.1) is 5.92 Å². The molecule has 0 aromatic heterocycles. The van der Waals surface area contributed by atoms with Crippen molar-refractivity contribution in [3.8, 4) is 0 Å². The van der Waals surface area contributed by atoms with Gasteiger partial charge in [-0.2, -0.15) is 0 Å². The van der Waals surface area contributed by atoms with Crippen LogP contribution >= 0.6 is 15.9 Å². The van der Waals surface area contributed by atoms with Crippen LogP contribution in [0.1, 0.15) is 12.8 Å². The molecular formula is C17H22BrN3O2. The normalized spacial score (nSPS) is 24.5. The highest BCUT2D eigenvalue weighted by Gasteiger charge is 2.38. The first kappa shape index (κ1) is 16.5. The van der Waals surface area contributed by atoms with Crippen molar-refractivity contribution in [1.82, 2.24) is 10.2 Å². The Balaban J connectivity index is 1.64. The number of hydrogen-bond acceptors (Lipinski definition) is 3. The van der Waals surface area contributed by atoms with E-state index in [1.54, 1.807) is 4.90 Å². The van der Waals surface area contributed by atoms with Gasteiger partial charge in [-0.25, -0.2) is 0 Å². The second-order valence-electron chi connectivity index (χ2n) is 6.38. The minimum absolute atomic E-state index is 0.0346. The predicted octanol–water partition coefficient (Wildman–Crippen LogP) is 1.87. The Bertz CT molecular complexity index is 607. The van der Waals surface area contributed by atoms with Gasteiger partial charge in [-0.3, -0.25) is 9.59 Å². The molecule has 1 aromatic rings. The molecule has 1 aromatic carbocycles. The smallest absolute Gasteiger partial charge is 0.228 e. The highest BCUT2D eigenvalue weighted by atomic mass is 79.9. The van der Waals surface area contributed by atoms with Crippen molar-refractivity contribution in [2.75, 3.05) is 38.1 Å². The van der Waals surface area contributed by atoms with Crippen LogP contribution < -0.4 is 10.2 Å². The first-order valence-corrected chi connectivity index (χ1v) is 8.87. The molecule has 0 saturated carbocycles. The zero-order chi connectivity index (χ0) is 16.4. The van der Waals surface area contributed by atoms with Gasteiger partial charge in [0.15, 0.2) is 0 Å². The van der Waals surface area contributed by atoms with E-state index in [0.29, 0.717) is 18.9 Å². The summed E-state index contributed by atoms with van der Waals surface area (Å²) in [6.45, 7) is 3.05. The van der Waals surface area contributed by atoms with E-state index in [0.717, 1.165) is 36.2 Å². The van der Waals surface area contributed by atoms with Crippen LogP contribution in [0.25, 0.3) is 0 Å². The van der Waals surface area contributed by atoms with Gasteiger partial charge in [0, 0.05) is 36.2 Å². The van der Waals surface area contributed by atoms with Crippen LogP contribution in [0.5, 0.6) is 0 Å². The molecular weight excluding hydrogens is 358 g/mol. The fraction of sp³-hybridized carbons (Fsp3) is 0.529. The molecule has 2 aliphatic rings. The van der Waals surface area contributed by atoms with Crippen molar-refractivity contribution in [3.63, 3.8) is 0 Å². The van der Waals surface area contributed by atoms with Gasteiger partial charge < -0.3 is 15.1 Å². The summed E-state index contributed by atoms with van der Waals surface area (Å²) in [6.07, 6.45) is 1.36. The number of anilines is 1. The summed E-state index contributed by atoms with van der Waals surface area (Å²) < 4.78 is 0.937. The number of likely N-dealkylation sites (tertiary alicyclic amines) is 1. The quantitative estimate of drug-likeness (QED) is 0.868. The maximum atomic E-state index is 12.7. The van der Waals surface area contributed by atoms with Gasteiger partial charge in [-0.1, -0.05) is 22.0 Å². The summed E-state index contributed by atoms with van der Waals surface area (Å²) in [7, 11) is 1.94. The number of hydrogen-bond donors (Lipinski definition) is 1. The van der Waals surface area contributed by atoms with Crippen LogP contribution in [-0.4, -0.2) is 49.9 Å². The zero-order valence-electron chi connectivity index (χ0n) is 13.3. The molecule has 0 radical (unpaired) electrons. The van der Waals surface area contributed by atoms with Crippen LogP contribution in [-0.2, 0) is 9.59 Å². The lowest BCUT2D eigenvalue weighted by atomic mass is 10.1. The minimum Gasteiger partial charge on any atom is -0.342 e. The lowest BCUT2D eigenvalue weighted by Crippen LogP contribution is -2.36. The minimum atomic E-state index is -0.213. The van der Waals surface area contributed by atoms with Gasteiger partial charge in [0.2, 0.25) is 11.8 Å². The van der Waals surface area contributed by atoms with Crippen molar-refractivity contribution in [3.05, 3.63) is 28.7 Å². The number of carbonyl (C=O) groups is 2. The number of nitrogens with one attached hydrogen (secondary N) is 1. The number of halogens is 1. The Morgan fingerprint density at radius 2 is 2.22 bits per heavy atom. The Kier molecular flexibility index (Phi) is 5.02. The third kappa shape index (κ3) is 3.58. The predicted molar refractivity (Wildman–Crippen MR) is 93.2 cm³/mol.